The van der Waals surface area contributed by atoms with Gasteiger partial charge in [0.2, 0.25) is 0 Å². The molecule has 9 heteroatoms. The highest BCUT2D eigenvalue weighted by Gasteiger charge is 2.17. The zero-order valence-corrected chi connectivity index (χ0v) is 16.3. The molecule has 0 saturated carbocycles. The van der Waals surface area contributed by atoms with E-state index >= 15 is 0 Å². The van der Waals surface area contributed by atoms with Gasteiger partial charge in [0.1, 0.15) is 17.5 Å². The number of carbonyl (C=O) groups excluding carboxylic acids is 1. The number of nitrogens with zero attached hydrogens (tertiary/aromatic N) is 5. The zero-order valence-electron chi connectivity index (χ0n) is 16.3. The monoisotopic (exact) mass is 408 g/mol. The zero-order chi connectivity index (χ0) is 21.3. The molecule has 0 radical (unpaired) electrons. The topological polar surface area (TPSA) is 77.6 Å². The first-order valence-electron chi connectivity index (χ1n) is 9.19. The lowest BCUT2D eigenvalue weighted by Crippen LogP contribution is -2.24. The lowest BCUT2D eigenvalue weighted by molar-refractivity contribution is 0.0945. The molecule has 0 spiro atoms. The number of aryl methyl sites for hydroxylation is 1. The molecule has 0 aliphatic rings. The number of carbonyl (C=O) groups is 1. The molecule has 1 amide bonds. The van der Waals surface area contributed by atoms with Gasteiger partial charge < -0.3 is 9.88 Å². The molecule has 1 N–H and O–H groups in total. The molecule has 0 saturated heterocycles. The molecule has 0 atom stereocenters. The SMILES string of the molecule is Cc1nccn1-c1ccc(CNC(=O)c2nnn(-c3ccc(F)cc3)c2C)cc1F. The van der Waals surface area contributed by atoms with Crippen molar-refractivity contribution in [1.29, 1.82) is 0 Å². The van der Waals surface area contributed by atoms with Crippen LogP contribution in [0.15, 0.2) is 54.9 Å². The van der Waals surface area contributed by atoms with E-state index in [-0.39, 0.29) is 18.1 Å². The summed E-state index contributed by atoms with van der Waals surface area (Å²) in [6.45, 7) is 3.61. The standard InChI is InChI=1S/C21H18F2N6O/c1-13-20(26-27-29(13)17-6-4-16(22)5-7-17)21(30)25-12-15-3-8-19(18(23)11-15)28-10-9-24-14(28)2/h3-11H,12H2,1-2H3,(H,25,30). The summed E-state index contributed by atoms with van der Waals surface area (Å²) in [4.78, 5) is 16.6. The summed E-state index contributed by atoms with van der Waals surface area (Å²) in [5.74, 6) is -0.539. The molecule has 30 heavy (non-hydrogen) atoms. The molecule has 7 nitrogen and oxygen atoms in total. The van der Waals surface area contributed by atoms with Crippen molar-refractivity contribution in [3.63, 3.8) is 0 Å². The maximum Gasteiger partial charge on any atom is 0.274 e. The van der Waals surface area contributed by atoms with E-state index in [2.05, 4.69) is 20.6 Å². The van der Waals surface area contributed by atoms with Crippen molar-refractivity contribution in [3.8, 4) is 11.4 Å². The van der Waals surface area contributed by atoms with Gasteiger partial charge in [0.25, 0.3) is 5.91 Å². The molecule has 0 unspecified atom stereocenters. The van der Waals surface area contributed by atoms with Crippen LogP contribution >= 0.6 is 0 Å². The summed E-state index contributed by atoms with van der Waals surface area (Å²) in [7, 11) is 0. The van der Waals surface area contributed by atoms with Crippen LogP contribution in [-0.4, -0.2) is 30.5 Å². The Labute approximate surface area is 171 Å². The number of imidazole rings is 1. The third-order valence-electron chi connectivity index (χ3n) is 4.73. The van der Waals surface area contributed by atoms with E-state index in [4.69, 9.17) is 0 Å². The van der Waals surface area contributed by atoms with Crippen LogP contribution in [0.25, 0.3) is 11.4 Å². The second-order valence-corrected chi connectivity index (χ2v) is 6.72. The van der Waals surface area contributed by atoms with E-state index in [0.29, 0.717) is 28.5 Å². The second-order valence-electron chi connectivity index (χ2n) is 6.72. The Morgan fingerprint density at radius 2 is 1.87 bits per heavy atom. The maximum absolute atomic E-state index is 14.5. The van der Waals surface area contributed by atoms with Gasteiger partial charge in [-0.05, 0) is 55.8 Å². The Morgan fingerprint density at radius 1 is 1.10 bits per heavy atom. The van der Waals surface area contributed by atoms with Crippen LogP contribution in [-0.2, 0) is 6.54 Å². The first-order chi connectivity index (χ1) is 14.4. The number of amides is 1. The van der Waals surface area contributed by atoms with E-state index in [9.17, 15) is 13.6 Å². The van der Waals surface area contributed by atoms with Gasteiger partial charge in [-0.3, -0.25) is 4.79 Å². The fourth-order valence-electron chi connectivity index (χ4n) is 3.12. The van der Waals surface area contributed by atoms with E-state index < -0.39 is 11.7 Å². The Kier molecular flexibility index (Phi) is 5.09. The third-order valence-corrected chi connectivity index (χ3v) is 4.73. The summed E-state index contributed by atoms with van der Waals surface area (Å²) in [5.41, 5.74) is 2.23. The largest absolute Gasteiger partial charge is 0.347 e. The number of aromatic nitrogens is 5. The van der Waals surface area contributed by atoms with Crippen LogP contribution in [0.1, 0.15) is 27.6 Å². The van der Waals surface area contributed by atoms with Crippen LogP contribution in [0.3, 0.4) is 0 Å². The molecule has 0 aliphatic heterocycles. The predicted octanol–water partition coefficient (Wildman–Crippen LogP) is 3.28. The number of rotatable bonds is 5. The summed E-state index contributed by atoms with van der Waals surface area (Å²) in [6.07, 6.45) is 3.28. The van der Waals surface area contributed by atoms with Crippen LogP contribution in [0.4, 0.5) is 8.78 Å². The van der Waals surface area contributed by atoms with Crippen LogP contribution in [0.2, 0.25) is 0 Å². The summed E-state index contributed by atoms with van der Waals surface area (Å²) in [6, 6.07) is 10.5. The van der Waals surface area contributed by atoms with Crippen molar-refractivity contribution < 1.29 is 13.6 Å². The molecule has 152 valence electrons. The minimum Gasteiger partial charge on any atom is -0.347 e. The van der Waals surface area contributed by atoms with Gasteiger partial charge >= 0.3 is 0 Å². The molecule has 2 aromatic heterocycles. The summed E-state index contributed by atoms with van der Waals surface area (Å²) >= 11 is 0. The average Bonchev–Trinajstić information content (AvgIpc) is 3.32. The van der Waals surface area contributed by atoms with Gasteiger partial charge in [-0.1, -0.05) is 11.3 Å². The number of nitrogens with one attached hydrogen (secondary N) is 1. The van der Waals surface area contributed by atoms with Crippen molar-refractivity contribution in [2.45, 2.75) is 20.4 Å². The number of benzene rings is 2. The molecular formula is C21H18F2N6O. The van der Waals surface area contributed by atoms with Gasteiger partial charge in [-0.2, -0.15) is 0 Å². The highest BCUT2D eigenvalue weighted by Crippen LogP contribution is 2.17. The van der Waals surface area contributed by atoms with Gasteiger partial charge in [0, 0.05) is 18.9 Å². The molecular weight excluding hydrogens is 390 g/mol. The number of halogens is 2. The van der Waals surface area contributed by atoms with Gasteiger partial charge in [-0.15, -0.1) is 5.10 Å². The fourth-order valence-corrected chi connectivity index (χ4v) is 3.12. The molecule has 2 aromatic carbocycles. The predicted molar refractivity (Wildman–Crippen MR) is 105 cm³/mol. The molecule has 2 heterocycles. The minimum atomic E-state index is -0.434. The van der Waals surface area contributed by atoms with Crippen molar-refractivity contribution in [1.82, 2.24) is 29.9 Å². The number of hydrogen-bond acceptors (Lipinski definition) is 4. The Morgan fingerprint density at radius 3 is 2.53 bits per heavy atom. The van der Waals surface area contributed by atoms with Crippen LogP contribution in [0.5, 0.6) is 0 Å². The third kappa shape index (κ3) is 3.69. The summed E-state index contributed by atoms with van der Waals surface area (Å²) in [5, 5.41) is 10.6. The van der Waals surface area contributed by atoms with E-state index in [0.717, 1.165) is 0 Å². The number of hydrogen-bond donors (Lipinski definition) is 1. The summed E-state index contributed by atoms with van der Waals surface area (Å²) < 4.78 is 30.7. The Hall–Kier alpha value is -3.88. The molecule has 4 aromatic rings. The van der Waals surface area contributed by atoms with E-state index in [1.807, 2.05) is 0 Å². The first kappa shape index (κ1) is 19.4. The van der Waals surface area contributed by atoms with Crippen LogP contribution in [0, 0.1) is 25.5 Å². The van der Waals surface area contributed by atoms with Crippen LogP contribution < -0.4 is 5.32 Å². The smallest absolute Gasteiger partial charge is 0.274 e. The minimum absolute atomic E-state index is 0.127. The van der Waals surface area contributed by atoms with Crippen molar-refractivity contribution in [2.24, 2.45) is 0 Å². The Balaban J connectivity index is 1.47. The van der Waals surface area contributed by atoms with E-state index in [1.165, 1.54) is 22.9 Å². The van der Waals surface area contributed by atoms with E-state index in [1.54, 1.807) is 55.1 Å². The Bertz CT molecular complexity index is 1210. The lowest BCUT2D eigenvalue weighted by atomic mass is 10.2. The van der Waals surface area contributed by atoms with Gasteiger partial charge in [-0.25, -0.2) is 18.4 Å². The highest BCUT2D eigenvalue weighted by molar-refractivity contribution is 5.93. The average molecular weight is 408 g/mol. The maximum atomic E-state index is 14.5. The highest BCUT2D eigenvalue weighted by atomic mass is 19.1. The van der Waals surface area contributed by atoms with Gasteiger partial charge in [0.15, 0.2) is 5.69 Å². The van der Waals surface area contributed by atoms with Gasteiger partial charge in [0.05, 0.1) is 17.1 Å². The van der Waals surface area contributed by atoms with Crippen molar-refractivity contribution in [3.05, 3.63) is 89.3 Å². The first-order valence-corrected chi connectivity index (χ1v) is 9.19. The van der Waals surface area contributed by atoms with Crippen molar-refractivity contribution in [2.75, 3.05) is 0 Å². The normalized spacial score (nSPS) is 10.9. The second kappa shape index (κ2) is 7.86. The lowest BCUT2D eigenvalue weighted by Gasteiger charge is -2.09. The molecule has 0 aliphatic carbocycles. The molecule has 0 fully saturated rings. The fraction of sp³-hybridized carbons (Fsp3) is 0.143. The quantitative estimate of drug-likeness (QED) is 0.550. The molecule has 0 bridgehead atoms. The molecule has 4 rings (SSSR count). The van der Waals surface area contributed by atoms with Crippen molar-refractivity contribution >= 4 is 5.91 Å².